The normalized spacial score (nSPS) is 15.3. The molecule has 0 atom stereocenters. The first kappa shape index (κ1) is 9.02. The predicted molar refractivity (Wildman–Crippen MR) is 52.9 cm³/mol. The summed E-state index contributed by atoms with van der Waals surface area (Å²) in [6.07, 6.45) is -0.0516. The van der Waals surface area contributed by atoms with Crippen LogP contribution < -0.4 is 0 Å². The third-order valence-corrected chi connectivity index (χ3v) is 2.68. The van der Waals surface area contributed by atoms with Gasteiger partial charge >= 0.3 is 0 Å². The van der Waals surface area contributed by atoms with Crippen molar-refractivity contribution in [1.82, 2.24) is 0 Å². The van der Waals surface area contributed by atoms with Crippen LogP contribution in [0.4, 0.5) is 0 Å². The Hall–Kier alpha value is -1.55. The lowest BCUT2D eigenvalue weighted by atomic mass is 9.90. The molecule has 0 saturated carbocycles. The second kappa shape index (κ2) is 3.31. The third kappa shape index (κ3) is 1.24. The first-order valence-electron chi connectivity index (χ1n) is 4.06. The maximum Gasteiger partial charge on any atom is 0.203 e. The van der Waals surface area contributed by atoms with E-state index in [-0.39, 0.29) is 34.1 Å². The fourth-order valence-electron chi connectivity index (χ4n) is 1.46. The van der Waals surface area contributed by atoms with Gasteiger partial charge in [0.05, 0.1) is 17.7 Å². The highest BCUT2D eigenvalue weighted by Gasteiger charge is 2.28. The maximum absolute atomic E-state index is 11.6. The van der Waals surface area contributed by atoms with Crippen LogP contribution in [0.25, 0.3) is 0 Å². The molecule has 0 aromatic heterocycles. The minimum absolute atomic E-state index is 0.0516. The summed E-state index contributed by atoms with van der Waals surface area (Å²) in [7, 11) is 0. The number of hydrogen-bond acceptors (Lipinski definition) is 3. The molecule has 3 nitrogen and oxygen atoms in total. The molecule has 0 aliphatic heterocycles. The van der Waals surface area contributed by atoms with Crippen LogP contribution >= 0.6 is 0 Å². The van der Waals surface area contributed by atoms with Crippen molar-refractivity contribution in [3.8, 4) is 0 Å². The highest BCUT2D eigenvalue weighted by atomic mass is 32.1. The average Bonchev–Trinajstić information content (AvgIpc) is 2.23. The van der Waals surface area contributed by atoms with Crippen LogP contribution in [0, 0.1) is 0 Å². The first-order valence-corrected chi connectivity index (χ1v) is 4.81. The van der Waals surface area contributed by atoms with Gasteiger partial charge in [0.2, 0.25) is 5.78 Å². The van der Waals surface area contributed by atoms with Crippen molar-refractivity contribution in [3.63, 3.8) is 0 Å². The third-order valence-electron chi connectivity index (χ3n) is 2.15. The van der Waals surface area contributed by atoms with Crippen molar-refractivity contribution in [2.24, 2.45) is 0 Å². The summed E-state index contributed by atoms with van der Waals surface area (Å²) in [5.41, 5.74) is 0.775. The molecule has 0 heterocycles. The minimum Gasteiger partial charge on any atom is -0.294 e. The Bertz CT molecular complexity index is 484. The van der Waals surface area contributed by atoms with Crippen LogP contribution in [0.3, 0.4) is 0 Å². The van der Waals surface area contributed by atoms with Crippen LogP contribution in [-0.2, 0) is 11.3 Å². The molecule has 2 rings (SSSR count). The van der Waals surface area contributed by atoms with Gasteiger partial charge in [-0.05, 0) is 0 Å². The molecule has 4 heteroatoms. The second-order valence-electron chi connectivity index (χ2n) is 2.98. The summed E-state index contributed by atoms with van der Waals surface area (Å²) in [4.78, 5) is 23.1. The van der Waals surface area contributed by atoms with Gasteiger partial charge < -0.3 is 0 Å². The van der Waals surface area contributed by atoms with Crippen LogP contribution in [0.15, 0.2) is 24.3 Å². The quantitative estimate of drug-likeness (QED) is 0.591. The van der Waals surface area contributed by atoms with E-state index in [2.05, 4.69) is 0 Å². The zero-order valence-corrected chi connectivity index (χ0v) is 7.97. The molecule has 0 amide bonds. The molecule has 70 valence electrons. The highest BCUT2D eigenvalue weighted by molar-refractivity contribution is 7.68. The lowest BCUT2D eigenvalue weighted by Crippen LogP contribution is -2.26. The van der Waals surface area contributed by atoms with Crippen LogP contribution in [0.1, 0.15) is 27.1 Å². The fourth-order valence-corrected chi connectivity index (χ4v) is 1.84. The summed E-state index contributed by atoms with van der Waals surface area (Å²) in [6, 6.07) is 6.58. The number of hydrogen-bond donors (Lipinski definition) is 0. The van der Waals surface area contributed by atoms with Gasteiger partial charge in [-0.15, -0.1) is 0 Å². The van der Waals surface area contributed by atoms with Crippen molar-refractivity contribution in [2.45, 2.75) is 6.42 Å². The average molecular weight is 206 g/mol. The van der Waals surface area contributed by atoms with Crippen LogP contribution in [0.5, 0.6) is 0 Å². The molecule has 14 heavy (non-hydrogen) atoms. The highest BCUT2D eigenvalue weighted by Crippen LogP contribution is 2.18. The van der Waals surface area contributed by atoms with Gasteiger partial charge in [-0.2, -0.15) is 0 Å². The maximum atomic E-state index is 11.6. The SMILES string of the molecule is O=S=C1CC(=O)c2ccccc2C1=O. The van der Waals surface area contributed by atoms with Gasteiger partial charge in [0.25, 0.3) is 0 Å². The number of carbonyl (C=O) groups is 2. The standard InChI is InChI=1S/C10H6O3S/c11-8-5-9(14-13)10(12)7-4-2-1-3-6(7)8/h1-4H,5H2. The van der Waals surface area contributed by atoms with E-state index in [1.165, 1.54) is 0 Å². The second-order valence-corrected chi connectivity index (χ2v) is 3.64. The van der Waals surface area contributed by atoms with Gasteiger partial charge in [0, 0.05) is 11.1 Å². The van der Waals surface area contributed by atoms with E-state index < -0.39 is 0 Å². The zero-order valence-electron chi connectivity index (χ0n) is 7.15. The molecular formula is C10H6O3S. The Morgan fingerprint density at radius 2 is 1.71 bits per heavy atom. The summed E-state index contributed by atoms with van der Waals surface area (Å²) < 4.78 is 10.6. The van der Waals surface area contributed by atoms with E-state index in [4.69, 9.17) is 0 Å². The van der Waals surface area contributed by atoms with Gasteiger partial charge in [-0.25, -0.2) is 4.21 Å². The van der Waals surface area contributed by atoms with E-state index in [0.717, 1.165) is 0 Å². The van der Waals surface area contributed by atoms with Gasteiger partial charge in [0.15, 0.2) is 5.78 Å². The van der Waals surface area contributed by atoms with Crippen molar-refractivity contribution < 1.29 is 13.8 Å². The monoisotopic (exact) mass is 206 g/mol. The Morgan fingerprint density at radius 3 is 2.36 bits per heavy atom. The molecule has 0 fully saturated rings. The molecular weight excluding hydrogens is 200 g/mol. The van der Waals surface area contributed by atoms with E-state index in [1.807, 2.05) is 0 Å². The van der Waals surface area contributed by atoms with E-state index >= 15 is 0 Å². The fraction of sp³-hybridized carbons (Fsp3) is 0.100. The molecule has 0 bridgehead atoms. The van der Waals surface area contributed by atoms with Gasteiger partial charge in [0.1, 0.15) is 4.86 Å². The number of Topliss-reactive ketones (excluding diaryl/α,β-unsaturated/α-hetero) is 2. The molecule has 1 aromatic rings. The zero-order chi connectivity index (χ0) is 10.1. The topological polar surface area (TPSA) is 51.2 Å². The molecule has 1 aliphatic carbocycles. The summed E-state index contributed by atoms with van der Waals surface area (Å²) in [6.45, 7) is 0. The Kier molecular flexibility index (Phi) is 2.13. The Labute approximate surface area is 83.8 Å². The van der Waals surface area contributed by atoms with Crippen molar-refractivity contribution >= 4 is 27.7 Å². The molecule has 0 unspecified atom stereocenters. The largest absolute Gasteiger partial charge is 0.294 e. The van der Waals surface area contributed by atoms with Crippen molar-refractivity contribution in [1.29, 1.82) is 0 Å². The molecule has 0 N–H and O–H groups in total. The van der Waals surface area contributed by atoms with Gasteiger partial charge in [-0.3, -0.25) is 9.59 Å². The molecule has 1 aliphatic rings. The van der Waals surface area contributed by atoms with Crippen molar-refractivity contribution in [3.05, 3.63) is 35.4 Å². The lowest BCUT2D eigenvalue weighted by molar-refractivity contribution is 0.0967. The minimum atomic E-state index is -0.305. The summed E-state index contributed by atoms with van der Waals surface area (Å²) >= 11 is 0.117. The van der Waals surface area contributed by atoms with Crippen LogP contribution in [-0.4, -0.2) is 20.6 Å². The van der Waals surface area contributed by atoms with Crippen molar-refractivity contribution in [2.75, 3.05) is 0 Å². The molecule has 0 spiro atoms. The van der Waals surface area contributed by atoms with Gasteiger partial charge in [-0.1, -0.05) is 24.3 Å². The smallest absolute Gasteiger partial charge is 0.203 e. The molecule has 0 saturated heterocycles. The van der Waals surface area contributed by atoms with Crippen LogP contribution in [0.2, 0.25) is 0 Å². The molecule has 1 aromatic carbocycles. The molecule has 0 radical (unpaired) electrons. The Morgan fingerprint density at radius 1 is 1.07 bits per heavy atom. The number of rotatable bonds is 0. The number of carbonyl (C=O) groups excluding carboxylic acids is 2. The first-order chi connectivity index (χ1) is 6.74. The van der Waals surface area contributed by atoms with E-state index in [1.54, 1.807) is 24.3 Å². The Balaban J connectivity index is 2.69. The summed E-state index contributed by atoms with van der Waals surface area (Å²) in [5, 5.41) is 0. The number of fused-ring (bicyclic) bond motifs is 1. The van der Waals surface area contributed by atoms with E-state index in [0.29, 0.717) is 11.1 Å². The predicted octanol–water partition coefficient (Wildman–Crippen LogP) is 0.841. The summed E-state index contributed by atoms with van der Waals surface area (Å²) in [5.74, 6) is -0.459. The number of ketones is 2. The van der Waals surface area contributed by atoms with E-state index in [9.17, 15) is 13.8 Å². The lowest BCUT2D eigenvalue weighted by Gasteiger charge is -2.12. The number of benzene rings is 1.